The van der Waals surface area contributed by atoms with Gasteiger partial charge in [-0.2, -0.15) is 0 Å². The van der Waals surface area contributed by atoms with Gasteiger partial charge in [0.05, 0.1) is 26.3 Å². The van der Waals surface area contributed by atoms with Crippen LogP contribution in [-0.2, 0) is 0 Å². The van der Waals surface area contributed by atoms with Gasteiger partial charge in [0.15, 0.2) is 0 Å². The third-order valence-corrected chi connectivity index (χ3v) is 12.9. The number of thiophene rings is 1. The predicted octanol–water partition coefficient (Wildman–Crippen LogP) is 16.3. The molecule has 9 aromatic carbocycles. The average molecular weight is 800 g/mol. The molecule has 0 aliphatic carbocycles. The Bertz CT molecular complexity index is 4060. The van der Waals surface area contributed by atoms with Crippen LogP contribution in [0.2, 0.25) is 0 Å². The Labute approximate surface area is 367 Å². The van der Waals surface area contributed by atoms with Crippen molar-refractivity contribution in [2.75, 3.05) is 0 Å². The summed E-state index contributed by atoms with van der Waals surface area (Å²) in [6.07, 6.45) is -0.463. The molecule has 0 bridgehead atoms. The van der Waals surface area contributed by atoms with E-state index in [9.17, 15) is 1.37 Å². The minimum Gasteiger partial charge on any atom is -0.254 e. The van der Waals surface area contributed by atoms with Gasteiger partial charge in [-0.1, -0.05) is 188 Å². The van der Waals surface area contributed by atoms with E-state index in [-0.39, 0.29) is 51.7 Å². The summed E-state index contributed by atoms with van der Waals surface area (Å²) in [7, 11) is 0. The predicted molar refractivity (Wildman–Crippen MR) is 260 cm³/mol. The maximum atomic E-state index is 9.24. The van der Waals surface area contributed by atoms with Crippen LogP contribution in [0.15, 0.2) is 218 Å². The molecule has 0 atom stereocenters. The van der Waals surface area contributed by atoms with Crippen LogP contribution < -0.4 is 0 Å². The van der Waals surface area contributed by atoms with Crippen LogP contribution in [-0.4, -0.2) is 9.97 Å². The highest BCUT2D eigenvalue weighted by Gasteiger charge is 2.25. The third kappa shape index (κ3) is 5.93. The third-order valence-electron chi connectivity index (χ3n) is 11.6. The Morgan fingerprint density at radius 1 is 0.377 bits per heavy atom. The molecule has 3 heterocycles. The molecule has 61 heavy (non-hydrogen) atoms. The molecule has 0 saturated heterocycles. The summed E-state index contributed by atoms with van der Waals surface area (Å²) < 4.78 is 61.0. The minimum atomic E-state index is -0.463. The number of fused-ring (bicyclic) bond motifs is 7. The number of nitrogens with zero attached hydrogens (tertiary/aromatic N) is 2. The average Bonchev–Trinajstić information content (AvgIpc) is 3.79. The van der Waals surface area contributed by atoms with E-state index in [0.717, 1.165) is 54.6 Å². The lowest BCUT2D eigenvalue weighted by Gasteiger charge is -2.15. The zero-order chi connectivity index (χ0) is 46.4. The molecule has 0 fully saturated rings. The molecule has 0 radical (unpaired) electrons. The van der Waals surface area contributed by atoms with E-state index in [2.05, 4.69) is 145 Å². The molecule has 12 aromatic rings. The maximum absolute atomic E-state index is 9.24. The molecule has 0 aliphatic heterocycles. The molecule has 284 valence electrons. The van der Waals surface area contributed by atoms with Crippen LogP contribution in [0.4, 0.5) is 0 Å². The molecular formula is C58H36N2S. The smallest absolute Gasteiger partial charge is 0.0972 e. The number of hydrogen-bond donors (Lipinski definition) is 0. The maximum Gasteiger partial charge on any atom is 0.0972 e. The van der Waals surface area contributed by atoms with E-state index in [1.807, 2.05) is 47.7 Å². The van der Waals surface area contributed by atoms with Crippen molar-refractivity contribution in [1.29, 1.82) is 0 Å². The van der Waals surface area contributed by atoms with Crippen LogP contribution in [0.1, 0.15) is 9.60 Å². The lowest BCUT2D eigenvalue weighted by molar-refractivity contribution is 1.37. The van der Waals surface area contributed by atoms with Crippen molar-refractivity contribution in [3.05, 3.63) is 218 Å². The minimum absolute atomic E-state index is 0.00498. The molecule has 0 saturated carbocycles. The first kappa shape index (κ1) is 28.7. The van der Waals surface area contributed by atoms with E-state index in [0.29, 0.717) is 5.56 Å². The quantitative estimate of drug-likeness (QED) is 0.157. The fourth-order valence-electron chi connectivity index (χ4n) is 8.85. The zero-order valence-corrected chi connectivity index (χ0v) is 33.4. The highest BCUT2D eigenvalue weighted by molar-refractivity contribution is 7.20. The first-order chi connectivity index (χ1) is 33.2. The van der Waals surface area contributed by atoms with Crippen LogP contribution in [0, 0.1) is 0 Å². The molecule has 0 spiro atoms. The summed E-state index contributed by atoms with van der Waals surface area (Å²) in [6.45, 7) is 0. The topological polar surface area (TPSA) is 25.8 Å². The van der Waals surface area contributed by atoms with Crippen molar-refractivity contribution in [1.82, 2.24) is 9.97 Å². The van der Waals surface area contributed by atoms with Gasteiger partial charge in [-0.05, 0) is 84.4 Å². The SMILES string of the molecule is [2H]c1nc2c(c([2H])c1[2H])c([2H])c([2H])c1c([2H])c([2H])c(-c3ccc(-c4cccc(-c5c(-c6ccccc6)sc(-c6cc7ccccc7c7ccccc67)c5-c5ccccc5)c4)c4ccccc34)nc12. The molecule has 0 amide bonds. The van der Waals surface area contributed by atoms with Crippen molar-refractivity contribution >= 4 is 65.5 Å². The van der Waals surface area contributed by atoms with E-state index in [1.165, 1.54) is 32.0 Å². The molecule has 0 unspecified atom stereocenters. The van der Waals surface area contributed by atoms with Crippen LogP contribution >= 0.6 is 11.3 Å². The molecule has 0 N–H and O–H groups in total. The summed E-state index contributed by atoms with van der Waals surface area (Å²) in [6, 6.07) is 59.4. The van der Waals surface area contributed by atoms with Gasteiger partial charge in [0.1, 0.15) is 0 Å². The lowest BCUT2D eigenvalue weighted by Crippen LogP contribution is -1.91. The van der Waals surface area contributed by atoms with Crippen molar-refractivity contribution in [2.24, 2.45) is 0 Å². The molecule has 2 nitrogen and oxygen atoms in total. The summed E-state index contributed by atoms with van der Waals surface area (Å²) in [4.78, 5) is 11.5. The molecular weight excluding hydrogens is 757 g/mol. The van der Waals surface area contributed by atoms with Crippen molar-refractivity contribution < 1.29 is 9.60 Å². The monoisotopic (exact) mass is 799 g/mol. The van der Waals surface area contributed by atoms with Crippen LogP contribution in [0.5, 0.6) is 0 Å². The number of benzene rings is 9. The number of aromatic nitrogens is 2. The molecule has 3 heteroatoms. The van der Waals surface area contributed by atoms with E-state index in [1.54, 1.807) is 0 Å². The Balaban J connectivity index is 1.09. The normalized spacial score (nSPS) is 13.2. The summed E-state index contributed by atoms with van der Waals surface area (Å²) in [5.74, 6) is 0. The van der Waals surface area contributed by atoms with Gasteiger partial charge >= 0.3 is 0 Å². The van der Waals surface area contributed by atoms with E-state index >= 15 is 0 Å². The highest BCUT2D eigenvalue weighted by Crippen LogP contribution is 2.54. The van der Waals surface area contributed by atoms with Gasteiger partial charge in [0.2, 0.25) is 0 Å². The Hall–Kier alpha value is -7.72. The fraction of sp³-hybridized carbons (Fsp3) is 0. The molecule has 0 aliphatic rings. The standard InChI is InChI=1S/C58H36N2S/c1-3-15-37(16-4-1)53-54(57(40-17-5-2-6-18-40)61-58(53)51-36-42-19-7-8-23-44(42)46-24-10-12-27-49(46)51)43-21-13-20-41(35-43)45-31-32-50(48-26-11-9-25-47(45)48)52-33-30-39-29-28-38-22-14-34-59-55(38)56(39)60-52/h1-36H/i14D,22D,28D,29D,30D,33D,34D. The number of rotatable bonds is 6. The first-order valence-electron chi connectivity index (χ1n) is 23.7. The van der Waals surface area contributed by atoms with Crippen LogP contribution in [0.3, 0.4) is 0 Å². The van der Waals surface area contributed by atoms with Crippen molar-refractivity contribution in [3.8, 4) is 65.5 Å². The van der Waals surface area contributed by atoms with Gasteiger partial charge in [-0.15, -0.1) is 11.3 Å². The van der Waals surface area contributed by atoms with E-state index in [4.69, 9.17) is 13.2 Å². The molecule has 12 rings (SSSR count). The Morgan fingerprint density at radius 2 is 0.951 bits per heavy atom. The summed E-state index contributed by atoms with van der Waals surface area (Å²) in [5.41, 5.74) is 9.55. The van der Waals surface area contributed by atoms with Crippen LogP contribution in [0.25, 0.3) is 120 Å². The zero-order valence-electron chi connectivity index (χ0n) is 39.5. The second kappa shape index (κ2) is 14.5. The Morgan fingerprint density at radius 3 is 1.74 bits per heavy atom. The number of pyridine rings is 2. The van der Waals surface area contributed by atoms with Crippen molar-refractivity contribution in [2.45, 2.75) is 0 Å². The second-order valence-electron chi connectivity index (χ2n) is 15.1. The van der Waals surface area contributed by atoms with Gasteiger partial charge in [-0.25, -0.2) is 4.98 Å². The van der Waals surface area contributed by atoms with Gasteiger partial charge < -0.3 is 0 Å². The Kier molecular flexibility index (Phi) is 6.83. The first-order valence-corrected chi connectivity index (χ1v) is 21.0. The second-order valence-corrected chi connectivity index (χ2v) is 16.1. The fourth-order valence-corrected chi connectivity index (χ4v) is 10.2. The van der Waals surface area contributed by atoms with E-state index < -0.39 is 18.3 Å². The van der Waals surface area contributed by atoms with Crippen molar-refractivity contribution in [3.63, 3.8) is 0 Å². The van der Waals surface area contributed by atoms with Gasteiger partial charge in [0, 0.05) is 49.0 Å². The van der Waals surface area contributed by atoms with Gasteiger partial charge in [-0.3, -0.25) is 4.98 Å². The lowest BCUT2D eigenvalue weighted by atomic mass is 9.87. The largest absolute Gasteiger partial charge is 0.254 e. The number of hydrogen-bond acceptors (Lipinski definition) is 3. The highest BCUT2D eigenvalue weighted by atomic mass is 32.1. The molecule has 3 aromatic heterocycles. The van der Waals surface area contributed by atoms with Gasteiger partial charge in [0.25, 0.3) is 0 Å². The summed E-state index contributed by atoms with van der Waals surface area (Å²) in [5, 5.41) is 6.39. The summed E-state index contributed by atoms with van der Waals surface area (Å²) >= 11 is 1.82.